The summed E-state index contributed by atoms with van der Waals surface area (Å²) in [5.74, 6) is 1.51. The number of fused-ring (bicyclic) bond motifs is 1. The number of anilines is 1. The number of hydrogen-bond acceptors (Lipinski definition) is 8. The maximum absolute atomic E-state index is 7.56. The number of rotatable bonds is 9. The summed E-state index contributed by atoms with van der Waals surface area (Å²) in [6.45, 7) is 1.99. The second-order valence-electron chi connectivity index (χ2n) is 8.21. The molecule has 3 aromatic heterocycles. The van der Waals surface area contributed by atoms with Gasteiger partial charge in [-0.15, -0.1) is 0 Å². The first-order valence-corrected chi connectivity index (χ1v) is 11.5. The molecule has 0 saturated carbocycles. The van der Waals surface area contributed by atoms with Crippen molar-refractivity contribution < 1.29 is 9.47 Å². The van der Waals surface area contributed by atoms with E-state index in [0.29, 0.717) is 13.2 Å². The molecule has 35 heavy (non-hydrogen) atoms. The van der Waals surface area contributed by atoms with E-state index < -0.39 is 0 Å². The van der Waals surface area contributed by atoms with Crippen LogP contribution in [0.1, 0.15) is 17.5 Å². The predicted octanol–water partition coefficient (Wildman–Crippen LogP) is 3.78. The Balaban J connectivity index is 1.28. The summed E-state index contributed by atoms with van der Waals surface area (Å²) in [4.78, 5) is 13.4. The number of pyridine rings is 1. The Bertz CT molecular complexity index is 1340. The first kappa shape index (κ1) is 22.5. The Kier molecular flexibility index (Phi) is 6.67. The molecule has 0 spiro atoms. The number of aromatic nitrogens is 4. The van der Waals surface area contributed by atoms with Crippen LogP contribution in [-0.4, -0.2) is 51.9 Å². The van der Waals surface area contributed by atoms with Crippen molar-refractivity contribution in [3.63, 3.8) is 0 Å². The molecule has 1 fully saturated rings. The third-order valence-electron chi connectivity index (χ3n) is 5.82. The van der Waals surface area contributed by atoms with E-state index in [-0.39, 0.29) is 6.10 Å². The molecule has 1 saturated heterocycles. The lowest BCUT2D eigenvalue weighted by molar-refractivity contribution is 0.141. The summed E-state index contributed by atoms with van der Waals surface area (Å²) < 4.78 is 13.4. The van der Waals surface area contributed by atoms with E-state index in [1.165, 1.54) is 6.21 Å². The molecule has 4 aromatic rings. The van der Waals surface area contributed by atoms with Crippen molar-refractivity contribution in [2.45, 2.75) is 19.1 Å². The summed E-state index contributed by atoms with van der Waals surface area (Å²) in [7, 11) is 1.82. The molecule has 1 aliphatic rings. The van der Waals surface area contributed by atoms with Crippen molar-refractivity contribution in [1.29, 1.82) is 5.41 Å². The highest BCUT2D eigenvalue weighted by atomic mass is 16.5. The maximum atomic E-state index is 7.56. The predicted molar refractivity (Wildman–Crippen MR) is 136 cm³/mol. The van der Waals surface area contributed by atoms with Gasteiger partial charge in [0, 0.05) is 56.3 Å². The topological polar surface area (TPSA) is 109 Å². The van der Waals surface area contributed by atoms with Crippen LogP contribution in [0.15, 0.2) is 67.4 Å². The molecule has 4 heterocycles. The van der Waals surface area contributed by atoms with Gasteiger partial charge in [0.05, 0.1) is 30.8 Å². The van der Waals surface area contributed by atoms with Gasteiger partial charge in [-0.05, 0) is 17.2 Å². The molecule has 9 nitrogen and oxygen atoms in total. The zero-order valence-electron chi connectivity index (χ0n) is 19.4. The molecule has 178 valence electrons. The van der Waals surface area contributed by atoms with Crippen LogP contribution < -0.4 is 15.4 Å². The van der Waals surface area contributed by atoms with E-state index in [9.17, 15) is 0 Å². The second-order valence-corrected chi connectivity index (χ2v) is 8.21. The number of nitrogens with zero attached hydrogens (tertiary/aromatic N) is 4. The zero-order chi connectivity index (χ0) is 24.0. The first-order valence-electron chi connectivity index (χ1n) is 11.5. The van der Waals surface area contributed by atoms with E-state index in [4.69, 9.17) is 14.9 Å². The molecular weight excluding hydrogens is 442 g/mol. The molecule has 1 atom stereocenters. The van der Waals surface area contributed by atoms with Crippen LogP contribution in [0.2, 0.25) is 0 Å². The van der Waals surface area contributed by atoms with E-state index in [1.807, 2.05) is 66.3 Å². The van der Waals surface area contributed by atoms with Gasteiger partial charge in [0.15, 0.2) is 0 Å². The lowest BCUT2D eigenvalue weighted by atomic mass is 10.1. The van der Waals surface area contributed by atoms with Crippen molar-refractivity contribution in [2.75, 3.05) is 25.6 Å². The van der Waals surface area contributed by atoms with E-state index >= 15 is 0 Å². The SMILES string of the molecule is CN/C=C(\C=N)c1ccc(CNc2cc(-c3cnc4cc(OC5CCOC5)ccn34)ncn2)cc1. The standard InChI is InChI=1S/C26H27N7O2/c1-28-14-20(12-27)19-4-2-18(3-5-19)13-29-25-11-23(31-17-32-25)24-15-30-26-10-21(6-8-33(24)26)35-22-7-9-34-16-22/h2-6,8,10-12,14-15,17,22,27-28H,7,9,13,16H2,1H3,(H,29,31,32)/b20-14+,27-12?. The van der Waals surface area contributed by atoms with Gasteiger partial charge in [0.25, 0.3) is 0 Å². The average Bonchev–Trinajstić information content (AvgIpc) is 3.56. The van der Waals surface area contributed by atoms with Crippen molar-refractivity contribution in [3.8, 4) is 17.1 Å². The summed E-state index contributed by atoms with van der Waals surface area (Å²) in [5.41, 5.74) is 5.36. The minimum absolute atomic E-state index is 0.0986. The van der Waals surface area contributed by atoms with E-state index in [2.05, 4.69) is 25.6 Å². The number of nitrogens with one attached hydrogen (secondary N) is 3. The van der Waals surface area contributed by atoms with Crippen molar-refractivity contribution >= 4 is 23.3 Å². The normalized spacial score (nSPS) is 15.8. The number of allylic oxidation sites excluding steroid dienone is 1. The molecule has 0 aliphatic carbocycles. The largest absolute Gasteiger partial charge is 0.488 e. The van der Waals surface area contributed by atoms with Crippen LogP contribution in [0.5, 0.6) is 5.75 Å². The molecule has 5 rings (SSSR count). The minimum atomic E-state index is 0.0986. The lowest BCUT2D eigenvalue weighted by Crippen LogP contribution is -2.15. The number of imidazole rings is 1. The van der Waals surface area contributed by atoms with Gasteiger partial charge in [-0.1, -0.05) is 24.3 Å². The Morgan fingerprint density at radius 3 is 2.86 bits per heavy atom. The Hall–Kier alpha value is -4.24. The van der Waals surface area contributed by atoms with Crippen LogP contribution in [0.3, 0.4) is 0 Å². The average molecular weight is 470 g/mol. The van der Waals surface area contributed by atoms with Crippen molar-refractivity contribution in [1.82, 2.24) is 24.7 Å². The van der Waals surface area contributed by atoms with Crippen LogP contribution >= 0.6 is 0 Å². The fourth-order valence-electron chi connectivity index (χ4n) is 3.99. The second kappa shape index (κ2) is 10.4. The molecular formula is C26H27N7O2. The Morgan fingerprint density at radius 2 is 2.09 bits per heavy atom. The molecule has 0 bridgehead atoms. The molecule has 3 N–H and O–H groups in total. The highest BCUT2D eigenvalue weighted by molar-refractivity contribution is 6.08. The number of ether oxygens (including phenoxy) is 2. The van der Waals surface area contributed by atoms with Crippen molar-refractivity contribution in [2.24, 2.45) is 0 Å². The van der Waals surface area contributed by atoms with Gasteiger partial charge in [-0.3, -0.25) is 4.40 Å². The Labute approximate surface area is 203 Å². The molecule has 1 aromatic carbocycles. The summed E-state index contributed by atoms with van der Waals surface area (Å²) in [6.07, 6.45) is 9.46. The van der Waals surface area contributed by atoms with Gasteiger partial charge in [-0.25, -0.2) is 15.0 Å². The van der Waals surface area contributed by atoms with E-state index in [0.717, 1.165) is 58.3 Å². The highest BCUT2D eigenvalue weighted by Gasteiger charge is 2.18. The van der Waals surface area contributed by atoms with Crippen LogP contribution in [0.25, 0.3) is 22.6 Å². The molecule has 0 amide bonds. The summed E-state index contributed by atoms with van der Waals surface area (Å²) >= 11 is 0. The fraction of sp³-hybridized carbons (Fsp3) is 0.231. The van der Waals surface area contributed by atoms with Gasteiger partial charge in [0.1, 0.15) is 29.6 Å². The zero-order valence-corrected chi connectivity index (χ0v) is 19.4. The minimum Gasteiger partial charge on any atom is -0.488 e. The number of hydrogen-bond donors (Lipinski definition) is 3. The summed E-state index contributed by atoms with van der Waals surface area (Å²) in [5, 5.41) is 13.9. The van der Waals surface area contributed by atoms with E-state index in [1.54, 1.807) is 12.5 Å². The molecule has 0 radical (unpaired) electrons. The van der Waals surface area contributed by atoms with Gasteiger partial charge < -0.3 is 25.5 Å². The van der Waals surface area contributed by atoms with Gasteiger partial charge in [0.2, 0.25) is 0 Å². The number of benzene rings is 1. The van der Waals surface area contributed by atoms with Crippen LogP contribution in [0, 0.1) is 5.41 Å². The molecule has 1 aliphatic heterocycles. The first-order chi connectivity index (χ1) is 17.2. The molecule has 1 unspecified atom stereocenters. The quantitative estimate of drug-likeness (QED) is 0.320. The monoisotopic (exact) mass is 469 g/mol. The van der Waals surface area contributed by atoms with Crippen LogP contribution in [0.4, 0.5) is 5.82 Å². The van der Waals surface area contributed by atoms with Gasteiger partial charge >= 0.3 is 0 Å². The molecule has 9 heteroatoms. The third kappa shape index (κ3) is 5.15. The third-order valence-corrected chi connectivity index (χ3v) is 5.82. The Morgan fingerprint density at radius 1 is 1.20 bits per heavy atom. The van der Waals surface area contributed by atoms with Gasteiger partial charge in [-0.2, -0.15) is 0 Å². The fourth-order valence-corrected chi connectivity index (χ4v) is 3.99. The smallest absolute Gasteiger partial charge is 0.140 e. The maximum Gasteiger partial charge on any atom is 0.140 e. The van der Waals surface area contributed by atoms with Crippen LogP contribution in [-0.2, 0) is 11.3 Å². The highest BCUT2D eigenvalue weighted by Crippen LogP contribution is 2.24. The summed E-state index contributed by atoms with van der Waals surface area (Å²) in [6, 6.07) is 13.9. The lowest BCUT2D eigenvalue weighted by Gasteiger charge is -2.12. The van der Waals surface area contributed by atoms with Crippen molar-refractivity contribution in [3.05, 3.63) is 78.5 Å².